The smallest absolute Gasteiger partial charge is 0.338 e. The minimum absolute atomic E-state index is 0.159. The van der Waals surface area contributed by atoms with Gasteiger partial charge >= 0.3 is 5.97 Å². The van der Waals surface area contributed by atoms with Crippen LogP contribution in [0.1, 0.15) is 40.8 Å². The predicted octanol–water partition coefficient (Wildman–Crippen LogP) is 6.80. The normalized spacial score (nSPS) is 14.3. The van der Waals surface area contributed by atoms with Crippen LogP contribution in [0.4, 0.5) is 0 Å². The molecule has 2 heterocycles. The van der Waals surface area contributed by atoms with Crippen LogP contribution in [0.25, 0.3) is 11.8 Å². The lowest BCUT2D eigenvalue weighted by molar-refractivity contribution is -0.138. The van der Waals surface area contributed by atoms with Gasteiger partial charge in [0.2, 0.25) is 0 Å². The number of aromatic nitrogens is 1. The average molecular weight is 711 g/mol. The fraction of sp³-hybridized carbons (Fsp3) is 0.111. The van der Waals surface area contributed by atoms with Crippen molar-refractivity contribution in [1.82, 2.24) is 4.57 Å². The van der Waals surface area contributed by atoms with Gasteiger partial charge in [-0.3, -0.25) is 9.36 Å². The van der Waals surface area contributed by atoms with Crippen molar-refractivity contribution in [2.45, 2.75) is 19.6 Å². The zero-order chi connectivity index (χ0) is 32.2. The van der Waals surface area contributed by atoms with E-state index in [0.29, 0.717) is 42.5 Å². The molecular weight excluding hydrogens is 686 g/mol. The van der Waals surface area contributed by atoms with Gasteiger partial charge in [0.05, 0.1) is 40.1 Å². The summed E-state index contributed by atoms with van der Waals surface area (Å²) in [5.74, 6) is -0.0205. The number of carbonyl (C=O) groups excluding carboxylic acids is 1. The molecule has 4 aromatic carbocycles. The third kappa shape index (κ3) is 6.33. The van der Waals surface area contributed by atoms with Crippen molar-refractivity contribution >= 4 is 56.6 Å². The molecular formula is C36H25BrClN3O4S. The number of thiazole rings is 1. The third-order valence-corrected chi connectivity index (χ3v) is 9.07. The van der Waals surface area contributed by atoms with E-state index in [1.165, 1.54) is 11.3 Å². The number of carbonyl (C=O) groups is 1. The highest BCUT2D eigenvalue weighted by molar-refractivity contribution is 9.10. The number of hydrogen-bond donors (Lipinski definition) is 0. The number of nitrogens with zero attached hydrogens (tertiary/aromatic N) is 3. The molecule has 228 valence electrons. The Morgan fingerprint density at radius 2 is 1.80 bits per heavy atom. The summed E-state index contributed by atoms with van der Waals surface area (Å²) < 4.78 is 14.4. The lowest BCUT2D eigenvalue weighted by Crippen LogP contribution is -2.40. The van der Waals surface area contributed by atoms with Gasteiger partial charge in [-0.1, -0.05) is 99.5 Å². The van der Waals surface area contributed by atoms with E-state index < -0.39 is 12.0 Å². The van der Waals surface area contributed by atoms with Crippen molar-refractivity contribution in [2.24, 2.45) is 4.99 Å². The van der Waals surface area contributed by atoms with Crippen LogP contribution in [-0.2, 0) is 16.1 Å². The largest absolute Gasteiger partial charge is 0.488 e. The molecule has 0 saturated carbocycles. The maximum absolute atomic E-state index is 14.3. The van der Waals surface area contributed by atoms with Gasteiger partial charge in [0.1, 0.15) is 12.4 Å². The van der Waals surface area contributed by atoms with E-state index in [1.54, 1.807) is 54.0 Å². The summed E-state index contributed by atoms with van der Waals surface area (Å²) in [4.78, 5) is 33.3. The Kier molecular flexibility index (Phi) is 9.31. The zero-order valence-electron chi connectivity index (χ0n) is 24.4. The van der Waals surface area contributed by atoms with E-state index in [0.717, 1.165) is 15.6 Å². The average Bonchev–Trinajstić information content (AvgIpc) is 3.38. The first-order valence-electron chi connectivity index (χ1n) is 14.3. The maximum atomic E-state index is 14.3. The Morgan fingerprint density at radius 1 is 1.07 bits per heavy atom. The monoisotopic (exact) mass is 709 g/mol. The molecule has 10 heteroatoms. The Bertz CT molecular complexity index is 2200. The highest BCUT2D eigenvalue weighted by Gasteiger charge is 2.35. The number of esters is 1. The van der Waals surface area contributed by atoms with Crippen LogP contribution in [0, 0.1) is 11.3 Å². The number of halogens is 2. The van der Waals surface area contributed by atoms with Crippen molar-refractivity contribution in [3.8, 4) is 11.8 Å². The molecule has 0 aliphatic carbocycles. The van der Waals surface area contributed by atoms with Gasteiger partial charge in [0.25, 0.3) is 5.56 Å². The van der Waals surface area contributed by atoms with Gasteiger partial charge in [-0.25, -0.2) is 9.79 Å². The standard InChI is InChI=1S/C36H25BrClN3O4S/c1-2-44-35(43)31-32(22-8-4-3-5-9-22)40-36-41(33(31)23-12-15-28(38)16-13-23)34(42)30(46-36)19-26-18-27(37)14-17-29(26)45-21-25-11-7-6-10-24(25)20-39/h3-19,33H,2,21H2,1H3/b30-19-/t33-/m0/s1. The molecule has 1 aliphatic rings. The molecule has 1 atom stereocenters. The second kappa shape index (κ2) is 13.7. The molecule has 0 N–H and O–H groups in total. The molecule has 0 bridgehead atoms. The molecule has 0 fully saturated rings. The van der Waals surface area contributed by atoms with Gasteiger partial charge in [0.15, 0.2) is 4.80 Å². The number of hydrogen-bond acceptors (Lipinski definition) is 7. The molecule has 46 heavy (non-hydrogen) atoms. The van der Waals surface area contributed by atoms with Crippen molar-refractivity contribution in [3.63, 3.8) is 0 Å². The first-order valence-corrected chi connectivity index (χ1v) is 16.3. The molecule has 7 nitrogen and oxygen atoms in total. The van der Waals surface area contributed by atoms with E-state index in [4.69, 9.17) is 26.1 Å². The van der Waals surface area contributed by atoms with E-state index >= 15 is 0 Å². The van der Waals surface area contributed by atoms with E-state index in [9.17, 15) is 14.9 Å². The summed E-state index contributed by atoms with van der Waals surface area (Å²) in [6, 6.07) is 30.6. The van der Waals surface area contributed by atoms with Crippen LogP contribution in [0.3, 0.4) is 0 Å². The lowest BCUT2D eigenvalue weighted by Gasteiger charge is -2.25. The molecule has 6 rings (SSSR count). The quantitative estimate of drug-likeness (QED) is 0.165. The van der Waals surface area contributed by atoms with E-state index in [1.807, 2.05) is 60.7 Å². The Morgan fingerprint density at radius 3 is 2.54 bits per heavy atom. The van der Waals surface area contributed by atoms with Gasteiger partial charge in [-0.15, -0.1) is 0 Å². The third-order valence-electron chi connectivity index (χ3n) is 7.34. The fourth-order valence-corrected chi connectivity index (χ4v) is 6.71. The topological polar surface area (TPSA) is 93.7 Å². The highest BCUT2D eigenvalue weighted by Crippen LogP contribution is 2.35. The van der Waals surface area contributed by atoms with Crippen LogP contribution in [0.5, 0.6) is 5.75 Å². The number of fused-ring (bicyclic) bond motifs is 1. The van der Waals surface area contributed by atoms with Crippen LogP contribution in [-0.4, -0.2) is 17.1 Å². The molecule has 1 aliphatic heterocycles. The lowest BCUT2D eigenvalue weighted by atomic mass is 9.93. The minimum Gasteiger partial charge on any atom is -0.488 e. The first-order chi connectivity index (χ1) is 22.4. The Labute approximate surface area is 282 Å². The molecule has 0 saturated heterocycles. The second-order valence-electron chi connectivity index (χ2n) is 10.2. The molecule has 0 radical (unpaired) electrons. The van der Waals surface area contributed by atoms with Gasteiger partial charge in [-0.2, -0.15) is 5.26 Å². The second-order valence-corrected chi connectivity index (χ2v) is 12.6. The summed E-state index contributed by atoms with van der Waals surface area (Å²) in [6.07, 6.45) is 1.76. The molecule has 5 aromatic rings. The summed E-state index contributed by atoms with van der Waals surface area (Å²) in [7, 11) is 0. The Hall–Kier alpha value is -4.75. The number of ether oxygens (including phenoxy) is 2. The van der Waals surface area contributed by atoms with Gasteiger partial charge in [0, 0.05) is 26.2 Å². The van der Waals surface area contributed by atoms with E-state index in [-0.39, 0.29) is 24.3 Å². The Balaban J connectivity index is 1.53. The van der Waals surface area contributed by atoms with Crippen molar-refractivity contribution in [3.05, 3.63) is 160 Å². The fourth-order valence-electron chi connectivity index (χ4n) is 5.22. The maximum Gasteiger partial charge on any atom is 0.338 e. The number of rotatable bonds is 8. The van der Waals surface area contributed by atoms with Crippen LogP contribution in [0.2, 0.25) is 5.02 Å². The van der Waals surface area contributed by atoms with E-state index in [2.05, 4.69) is 22.0 Å². The molecule has 0 spiro atoms. The van der Waals surface area contributed by atoms with Crippen molar-refractivity contribution in [2.75, 3.05) is 6.61 Å². The zero-order valence-corrected chi connectivity index (χ0v) is 27.6. The number of nitriles is 1. The summed E-state index contributed by atoms with van der Waals surface area (Å²) in [6.45, 7) is 2.07. The first kappa shape index (κ1) is 31.2. The molecule has 0 amide bonds. The van der Waals surface area contributed by atoms with Crippen molar-refractivity contribution < 1.29 is 14.3 Å². The van der Waals surface area contributed by atoms with Gasteiger partial charge in [-0.05, 0) is 55.0 Å². The predicted molar refractivity (Wildman–Crippen MR) is 182 cm³/mol. The summed E-state index contributed by atoms with van der Waals surface area (Å²) in [5, 5.41) is 10.0. The highest BCUT2D eigenvalue weighted by atomic mass is 79.9. The summed E-state index contributed by atoms with van der Waals surface area (Å²) >= 11 is 11.0. The van der Waals surface area contributed by atoms with Crippen LogP contribution in [0.15, 0.2) is 117 Å². The molecule has 0 unspecified atom stereocenters. The molecule has 1 aromatic heterocycles. The van der Waals surface area contributed by atoms with Crippen molar-refractivity contribution in [1.29, 1.82) is 5.26 Å². The SMILES string of the molecule is CCOC(=O)C1=C(c2ccccc2)N=c2s/c(=C\c3cc(Br)ccc3OCc3ccccc3C#N)c(=O)n2[C@H]1c1ccc(Cl)cc1. The minimum atomic E-state index is -0.814. The summed E-state index contributed by atoms with van der Waals surface area (Å²) in [5.41, 5.74) is 3.73. The number of benzene rings is 4. The van der Waals surface area contributed by atoms with Crippen LogP contribution < -0.4 is 19.6 Å². The van der Waals surface area contributed by atoms with Crippen LogP contribution >= 0.6 is 38.9 Å². The van der Waals surface area contributed by atoms with Gasteiger partial charge < -0.3 is 9.47 Å².